The summed E-state index contributed by atoms with van der Waals surface area (Å²) in [6, 6.07) is 14.0. The maximum Gasteiger partial charge on any atom is 0.119 e. The molecule has 0 saturated carbocycles. The topological polar surface area (TPSA) is 47.3 Å². The van der Waals surface area contributed by atoms with Crippen molar-refractivity contribution >= 4 is 5.69 Å². The van der Waals surface area contributed by atoms with E-state index in [-0.39, 0.29) is 6.04 Å². The fraction of sp³-hybridized carbons (Fsp3) is 0.250. The molecule has 0 heterocycles. The van der Waals surface area contributed by atoms with Crippen LogP contribution in [0.2, 0.25) is 0 Å². The van der Waals surface area contributed by atoms with Gasteiger partial charge in [0.15, 0.2) is 0 Å². The standard InChI is InChI=1S/C16H20N2O/c1-11-7-8-14(15(9-11)18-2)16(17)12-5-4-6-13(10-12)19-3/h4-10,16,18H,17H2,1-3H3. The van der Waals surface area contributed by atoms with Crippen LogP contribution >= 0.6 is 0 Å². The van der Waals surface area contributed by atoms with E-state index in [1.54, 1.807) is 7.11 Å². The monoisotopic (exact) mass is 256 g/mol. The van der Waals surface area contributed by atoms with Crippen LogP contribution in [0.5, 0.6) is 5.75 Å². The van der Waals surface area contributed by atoms with E-state index in [2.05, 4.69) is 30.4 Å². The molecular weight excluding hydrogens is 236 g/mol. The number of anilines is 1. The molecule has 2 rings (SSSR count). The van der Waals surface area contributed by atoms with Crippen molar-refractivity contribution in [1.29, 1.82) is 0 Å². The molecule has 3 N–H and O–H groups in total. The summed E-state index contributed by atoms with van der Waals surface area (Å²) in [6.45, 7) is 2.07. The summed E-state index contributed by atoms with van der Waals surface area (Å²) in [5.41, 5.74) is 10.8. The third-order valence-electron chi connectivity index (χ3n) is 3.27. The summed E-state index contributed by atoms with van der Waals surface area (Å²) in [7, 11) is 3.58. The molecule has 1 unspecified atom stereocenters. The lowest BCUT2D eigenvalue weighted by Crippen LogP contribution is -2.14. The molecule has 2 aromatic carbocycles. The predicted molar refractivity (Wildman–Crippen MR) is 79.8 cm³/mol. The number of nitrogens with one attached hydrogen (secondary N) is 1. The van der Waals surface area contributed by atoms with Gasteiger partial charge in [0.2, 0.25) is 0 Å². The molecule has 19 heavy (non-hydrogen) atoms. The zero-order valence-electron chi connectivity index (χ0n) is 11.6. The highest BCUT2D eigenvalue weighted by atomic mass is 16.5. The minimum atomic E-state index is -0.168. The van der Waals surface area contributed by atoms with Gasteiger partial charge in [-0.05, 0) is 41.8 Å². The molecule has 2 aromatic rings. The Hall–Kier alpha value is -2.00. The van der Waals surface area contributed by atoms with Crippen molar-refractivity contribution in [3.05, 3.63) is 59.2 Å². The number of hydrogen-bond acceptors (Lipinski definition) is 3. The fourth-order valence-corrected chi connectivity index (χ4v) is 2.17. The lowest BCUT2D eigenvalue weighted by molar-refractivity contribution is 0.414. The second kappa shape index (κ2) is 5.76. The Balaban J connectivity index is 2.40. The van der Waals surface area contributed by atoms with Gasteiger partial charge in [0.25, 0.3) is 0 Å². The van der Waals surface area contributed by atoms with E-state index in [0.29, 0.717) is 0 Å². The van der Waals surface area contributed by atoms with E-state index in [9.17, 15) is 0 Å². The largest absolute Gasteiger partial charge is 0.497 e. The van der Waals surface area contributed by atoms with E-state index in [0.717, 1.165) is 22.6 Å². The van der Waals surface area contributed by atoms with Gasteiger partial charge in [-0.1, -0.05) is 24.3 Å². The van der Waals surface area contributed by atoms with Crippen LogP contribution in [0.1, 0.15) is 22.7 Å². The van der Waals surface area contributed by atoms with Crippen LogP contribution < -0.4 is 15.8 Å². The van der Waals surface area contributed by atoms with E-state index >= 15 is 0 Å². The number of nitrogens with two attached hydrogens (primary N) is 1. The van der Waals surface area contributed by atoms with Gasteiger partial charge in [-0.2, -0.15) is 0 Å². The molecule has 1 atom stereocenters. The Bertz CT molecular complexity index is 566. The number of rotatable bonds is 4. The molecule has 3 heteroatoms. The molecule has 0 saturated heterocycles. The van der Waals surface area contributed by atoms with Gasteiger partial charge in [-0.3, -0.25) is 0 Å². The van der Waals surface area contributed by atoms with Gasteiger partial charge in [0.05, 0.1) is 13.2 Å². The van der Waals surface area contributed by atoms with E-state index < -0.39 is 0 Å². The van der Waals surface area contributed by atoms with Gasteiger partial charge in [-0.25, -0.2) is 0 Å². The Labute approximate surface area is 114 Å². The first-order chi connectivity index (χ1) is 9.15. The molecule has 0 radical (unpaired) electrons. The van der Waals surface area contributed by atoms with Crippen LogP contribution in [0.25, 0.3) is 0 Å². The third kappa shape index (κ3) is 2.88. The van der Waals surface area contributed by atoms with Crippen molar-refractivity contribution < 1.29 is 4.74 Å². The maximum atomic E-state index is 6.37. The maximum absolute atomic E-state index is 6.37. The molecule has 0 aromatic heterocycles. The van der Waals surface area contributed by atoms with Gasteiger partial charge in [-0.15, -0.1) is 0 Å². The first-order valence-electron chi connectivity index (χ1n) is 6.33. The van der Waals surface area contributed by atoms with Crippen LogP contribution in [0.3, 0.4) is 0 Å². The zero-order valence-corrected chi connectivity index (χ0v) is 11.6. The molecule has 0 fully saturated rings. The molecule has 0 bridgehead atoms. The van der Waals surface area contributed by atoms with Crippen molar-refractivity contribution in [2.24, 2.45) is 5.73 Å². The average Bonchev–Trinajstić information content (AvgIpc) is 2.46. The SMILES string of the molecule is CNc1cc(C)ccc1C(N)c1cccc(OC)c1. The quantitative estimate of drug-likeness (QED) is 0.883. The highest BCUT2D eigenvalue weighted by Gasteiger charge is 2.13. The summed E-state index contributed by atoms with van der Waals surface area (Å²) in [5.74, 6) is 0.825. The second-order valence-corrected chi connectivity index (χ2v) is 4.59. The molecule has 0 aliphatic rings. The van der Waals surface area contributed by atoms with Crippen LogP contribution in [0.4, 0.5) is 5.69 Å². The van der Waals surface area contributed by atoms with Crippen molar-refractivity contribution in [3.8, 4) is 5.75 Å². The van der Waals surface area contributed by atoms with Crippen LogP contribution in [-0.4, -0.2) is 14.2 Å². The normalized spacial score (nSPS) is 12.0. The van der Waals surface area contributed by atoms with Crippen molar-refractivity contribution in [1.82, 2.24) is 0 Å². The molecular formula is C16H20N2O. The summed E-state index contributed by atoms with van der Waals surface area (Å²) in [6.07, 6.45) is 0. The number of aryl methyl sites for hydroxylation is 1. The molecule has 100 valence electrons. The van der Waals surface area contributed by atoms with Crippen molar-refractivity contribution in [2.75, 3.05) is 19.5 Å². The number of methoxy groups -OCH3 is 1. The highest BCUT2D eigenvalue weighted by molar-refractivity contribution is 5.56. The summed E-state index contributed by atoms with van der Waals surface area (Å²) < 4.78 is 5.25. The predicted octanol–water partition coefficient (Wildman–Crippen LogP) is 3.09. The van der Waals surface area contributed by atoms with Crippen LogP contribution in [0.15, 0.2) is 42.5 Å². The third-order valence-corrected chi connectivity index (χ3v) is 3.27. The van der Waals surface area contributed by atoms with Gasteiger partial charge in [0, 0.05) is 12.7 Å². The number of hydrogen-bond donors (Lipinski definition) is 2. The Morgan fingerprint density at radius 3 is 2.63 bits per heavy atom. The van der Waals surface area contributed by atoms with E-state index in [1.807, 2.05) is 31.3 Å². The first kappa shape index (κ1) is 13.4. The van der Waals surface area contributed by atoms with E-state index in [4.69, 9.17) is 10.5 Å². The number of ether oxygens (including phenoxy) is 1. The number of benzene rings is 2. The van der Waals surface area contributed by atoms with Crippen molar-refractivity contribution in [2.45, 2.75) is 13.0 Å². The van der Waals surface area contributed by atoms with E-state index in [1.165, 1.54) is 5.56 Å². The Morgan fingerprint density at radius 2 is 1.95 bits per heavy atom. The lowest BCUT2D eigenvalue weighted by Gasteiger charge is -2.18. The Kier molecular flexibility index (Phi) is 4.07. The molecule has 0 amide bonds. The summed E-state index contributed by atoms with van der Waals surface area (Å²) in [5, 5.41) is 3.20. The van der Waals surface area contributed by atoms with Gasteiger partial charge < -0.3 is 15.8 Å². The van der Waals surface area contributed by atoms with Crippen molar-refractivity contribution in [3.63, 3.8) is 0 Å². The van der Waals surface area contributed by atoms with Gasteiger partial charge in [0.1, 0.15) is 5.75 Å². The summed E-state index contributed by atoms with van der Waals surface area (Å²) >= 11 is 0. The zero-order chi connectivity index (χ0) is 13.8. The molecule has 0 aliphatic carbocycles. The molecule has 0 aliphatic heterocycles. The van der Waals surface area contributed by atoms with Crippen LogP contribution in [0, 0.1) is 6.92 Å². The molecule has 0 spiro atoms. The highest BCUT2D eigenvalue weighted by Crippen LogP contribution is 2.28. The summed E-state index contributed by atoms with van der Waals surface area (Å²) in [4.78, 5) is 0. The lowest BCUT2D eigenvalue weighted by atomic mass is 9.96. The Morgan fingerprint density at radius 1 is 1.16 bits per heavy atom. The van der Waals surface area contributed by atoms with Crippen LogP contribution in [-0.2, 0) is 0 Å². The first-order valence-corrected chi connectivity index (χ1v) is 6.33. The minimum Gasteiger partial charge on any atom is -0.497 e. The minimum absolute atomic E-state index is 0.168. The average molecular weight is 256 g/mol. The smallest absolute Gasteiger partial charge is 0.119 e. The molecule has 3 nitrogen and oxygen atoms in total. The fourth-order valence-electron chi connectivity index (χ4n) is 2.17. The van der Waals surface area contributed by atoms with Gasteiger partial charge >= 0.3 is 0 Å². The second-order valence-electron chi connectivity index (χ2n) is 4.59.